The molecule has 0 aromatic heterocycles. The van der Waals surface area contributed by atoms with Crippen LogP contribution in [0.1, 0.15) is 18.9 Å². The molecule has 0 spiro atoms. The number of rotatable bonds is 6. The Morgan fingerprint density at radius 1 is 1.40 bits per heavy atom. The van der Waals surface area contributed by atoms with E-state index in [9.17, 15) is 0 Å². The Bertz CT molecular complexity index is 281. The van der Waals surface area contributed by atoms with Crippen LogP contribution in [0.15, 0.2) is 18.2 Å². The number of nitrogen functional groups attached to an aromatic ring is 1. The summed E-state index contributed by atoms with van der Waals surface area (Å²) in [6.07, 6.45) is 1.08. The number of nitrogens with two attached hydrogens (primary N) is 1. The maximum atomic E-state index is 5.83. The highest BCUT2D eigenvalue weighted by Crippen LogP contribution is 2.25. The fourth-order valence-electron chi connectivity index (χ4n) is 1.35. The van der Waals surface area contributed by atoms with Crippen molar-refractivity contribution in [3.05, 3.63) is 23.8 Å². The molecule has 2 N–H and O–H groups in total. The lowest BCUT2D eigenvalue weighted by Gasteiger charge is -2.11. The van der Waals surface area contributed by atoms with Crippen molar-refractivity contribution < 1.29 is 4.74 Å². The summed E-state index contributed by atoms with van der Waals surface area (Å²) in [5, 5.41) is 0. The summed E-state index contributed by atoms with van der Waals surface area (Å²) < 4.78 is 5.68. The molecule has 2 nitrogen and oxygen atoms in total. The molecular weight excluding hydrogens is 206 g/mol. The highest BCUT2D eigenvalue weighted by Gasteiger charge is 2.02. The number of ether oxygens (including phenoxy) is 1. The predicted octanol–water partition coefficient (Wildman–Crippen LogP) is 3.10. The number of aryl methyl sites for hydroxylation is 1. The zero-order valence-corrected chi connectivity index (χ0v) is 10.3. The molecule has 1 rings (SSSR count). The standard InChI is InChI=1S/C12H19NOS/c1-3-15-9-5-8-14-12-10(2)6-4-7-11(12)13/h4,6-7H,3,5,8-9,13H2,1-2H3. The molecule has 0 aliphatic carbocycles. The van der Waals surface area contributed by atoms with Crippen molar-refractivity contribution in [2.75, 3.05) is 23.8 Å². The summed E-state index contributed by atoms with van der Waals surface area (Å²) in [6, 6.07) is 5.85. The first-order valence-corrected chi connectivity index (χ1v) is 6.46. The third-order valence-corrected chi connectivity index (χ3v) is 3.11. The molecule has 15 heavy (non-hydrogen) atoms. The molecule has 3 heteroatoms. The quantitative estimate of drug-likeness (QED) is 0.597. The molecule has 1 aromatic rings. The van der Waals surface area contributed by atoms with Crippen molar-refractivity contribution >= 4 is 17.4 Å². The summed E-state index contributed by atoms with van der Waals surface area (Å²) >= 11 is 1.94. The van der Waals surface area contributed by atoms with Crippen molar-refractivity contribution in [2.24, 2.45) is 0 Å². The van der Waals surface area contributed by atoms with Crippen LogP contribution in [-0.2, 0) is 0 Å². The number of benzene rings is 1. The first-order chi connectivity index (χ1) is 7.25. The lowest BCUT2D eigenvalue weighted by atomic mass is 10.2. The van der Waals surface area contributed by atoms with E-state index in [1.165, 1.54) is 5.75 Å². The molecule has 0 amide bonds. The van der Waals surface area contributed by atoms with E-state index in [4.69, 9.17) is 10.5 Å². The second kappa shape index (κ2) is 6.62. The van der Waals surface area contributed by atoms with Crippen molar-refractivity contribution in [3.8, 4) is 5.75 Å². The van der Waals surface area contributed by atoms with Gasteiger partial charge in [0.1, 0.15) is 5.75 Å². The maximum absolute atomic E-state index is 5.83. The third kappa shape index (κ3) is 4.04. The monoisotopic (exact) mass is 225 g/mol. The van der Waals surface area contributed by atoms with Crippen molar-refractivity contribution in [1.29, 1.82) is 0 Å². The Hall–Kier alpha value is -0.830. The van der Waals surface area contributed by atoms with E-state index in [2.05, 4.69) is 6.92 Å². The van der Waals surface area contributed by atoms with Crippen LogP contribution >= 0.6 is 11.8 Å². The second-order valence-electron chi connectivity index (χ2n) is 3.39. The fourth-order valence-corrected chi connectivity index (χ4v) is 1.96. The van der Waals surface area contributed by atoms with Crippen LogP contribution in [0.25, 0.3) is 0 Å². The van der Waals surface area contributed by atoms with Crippen LogP contribution in [0.4, 0.5) is 5.69 Å². The Balaban J connectivity index is 2.37. The van der Waals surface area contributed by atoms with Gasteiger partial charge in [-0.15, -0.1) is 0 Å². The molecule has 0 aliphatic rings. The molecule has 0 atom stereocenters. The summed E-state index contributed by atoms with van der Waals surface area (Å²) in [5.41, 5.74) is 7.68. The Morgan fingerprint density at radius 2 is 2.20 bits per heavy atom. The van der Waals surface area contributed by atoms with Crippen molar-refractivity contribution in [1.82, 2.24) is 0 Å². The molecule has 0 radical (unpaired) electrons. The van der Waals surface area contributed by atoms with E-state index in [0.29, 0.717) is 0 Å². The van der Waals surface area contributed by atoms with Gasteiger partial charge in [0, 0.05) is 0 Å². The molecular formula is C12H19NOS. The molecule has 0 heterocycles. The van der Waals surface area contributed by atoms with Gasteiger partial charge >= 0.3 is 0 Å². The Kier molecular flexibility index (Phi) is 5.40. The van der Waals surface area contributed by atoms with Gasteiger partial charge in [0.05, 0.1) is 12.3 Å². The minimum Gasteiger partial charge on any atom is -0.491 e. The normalized spacial score (nSPS) is 10.3. The van der Waals surface area contributed by atoms with Crippen LogP contribution in [0.2, 0.25) is 0 Å². The molecule has 1 aromatic carbocycles. The van der Waals surface area contributed by atoms with E-state index >= 15 is 0 Å². The number of hydrogen-bond acceptors (Lipinski definition) is 3. The number of hydrogen-bond donors (Lipinski definition) is 1. The van der Waals surface area contributed by atoms with Crippen LogP contribution < -0.4 is 10.5 Å². The molecule has 0 fully saturated rings. The lowest BCUT2D eigenvalue weighted by molar-refractivity contribution is 0.318. The SMILES string of the molecule is CCSCCCOc1c(C)cccc1N. The van der Waals surface area contributed by atoms with Gasteiger partial charge in [-0.2, -0.15) is 11.8 Å². The van der Waals surface area contributed by atoms with Gasteiger partial charge in [-0.3, -0.25) is 0 Å². The second-order valence-corrected chi connectivity index (χ2v) is 4.79. The van der Waals surface area contributed by atoms with Crippen LogP contribution in [0.5, 0.6) is 5.75 Å². The van der Waals surface area contributed by atoms with Gasteiger partial charge in [0.25, 0.3) is 0 Å². The third-order valence-electron chi connectivity index (χ3n) is 2.13. The largest absolute Gasteiger partial charge is 0.491 e. The van der Waals surface area contributed by atoms with E-state index in [0.717, 1.165) is 35.8 Å². The Morgan fingerprint density at radius 3 is 2.87 bits per heavy atom. The zero-order valence-electron chi connectivity index (χ0n) is 9.45. The summed E-state index contributed by atoms with van der Waals surface area (Å²) in [5.74, 6) is 3.17. The maximum Gasteiger partial charge on any atom is 0.145 e. The van der Waals surface area contributed by atoms with Gasteiger partial charge in [0.15, 0.2) is 0 Å². The van der Waals surface area contributed by atoms with Crippen molar-refractivity contribution in [3.63, 3.8) is 0 Å². The number of anilines is 1. The van der Waals surface area contributed by atoms with E-state index in [-0.39, 0.29) is 0 Å². The highest BCUT2D eigenvalue weighted by molar-refractivity contribution is 7.99. The van der Waals surface area contributed by atoms with Gasteiger partial charge in [-0.05, 0) is 36.5 Å². The molecule has 84 valence electrons. The Labute approximate surface area is 96.2 Å². The number of thioether (sulfide) groups is 1. The van der Waals surface area contributed by atoms with Gasteiger partial charge in [0.2, 0.25) is 0 Å². The molecule has 0 unspecified atom stereocenters. The van der Waals surface area contributed by atoms with E-state index in [1.54, 1.807) is 0 Å². The van der Waals surface area contributed by atoms with E-state index in [1.807, 2.05) is 36.9 Å². The fraction of sp³-hybridized carbons (Fsp3) is 0.500. The summed E-state index contributed by atoms with van der Waals surface area (Å²) in [4.78, 5) is 0. The summed E-state index contributed by atoms with van der Waals surface area (Å²) in [7, 11) is 0. The first kappa shape index (κ1) is 12.2. The van der Waals surface area contributed by atoms with Crippen LogP contribution in [-0.4, -0.2) is 18.1 Å². The smallest absolute Gasteiger partial charge is 0.145 e. The first-order valence-electron chi connectivity index (χ1n) is 5.31. The highest BCUT2D eigenvalue weighted by atomic mass is 32.2. The average molecular weight is 225 g/mol. The number of para-hydroxylation sites is 1. The van der Waals surface area contributed by atoms with Gasteiger partial charge < -0.3 is 10.5 Å². The van der Waals surface area contributed by atoms with Gasteiger partial charge in [-0.1, -0.05) is 19.1 Å². The minimum atomic E-state index is 0.734. The lowest BCUT2D eigenvalue weighted by Crippen LogP contribution is -2.02. The predicted molar refractivity (Wildman–Crippen MR) is 68.7 cm³/mol. The summed E-state index contributed by atoms with van der Waals surface area (Å²) in [6.45, 7) is 4.94. The van der Waals surface area contributed by atoms with Crippen molar-refractivity contribution in [2.45, 2.75) is 20.3 Å². The molecule has 0 bridgehead atoms. The topological polar surface area (TPSA) is 35.2 Å². The van der Waals surface area contributed by atoms with Crippen LogP contribution in [0.3, 0.4) is 0 Å². The zero-order chi connectivity index (χ0) is 11.1. The van der Waals surface area contributed by atoms with Crippen LogP contribution in [0, 0.1) is 6.92 Å². The average Bonchev–Trinajstić information content (AvgIpc) is 2.21. The van der Waals surface area contributed by atoms with E-state index < -0.39 is 0 Å². The molecule has 0 saturated carbocycles. The minimum absolute atomic E-state index is 0.734. The molecule has 0 aliphatic heterocycles. The van der Waals surface area contributed by atoms with Gasteiger partial charge in [-0.25, -0.2) is 0 Å². The molecule has 0 saturated heterocycles.